The van der Waals surface area contributed by atoms with Gasteiger partial charge in [-0.15, -0.1) is 0 Å². The van der Waals surface area contributed by atoms with Crippen molar-refractivity contribution in [1.82, 2.24) is 9.21 Å². The van der Waals surface area contributed by atoms with Crippen molar-refractivity contribution in [3.63, 3.8) is 0 Å². The smallest absolute Gasteiger partial charge is 0.324 e. The van der Waals surface area contributed by atoms with Crippen LogP contribution in [0.2, 0.25) is 0 Å². The fraction of sp³-hybridized carbons (Fsp3) is 0.480. The van der Waals surface area contributed by atoms with Crippen molar-refractivity contribution in [3.8, 4) is 0 Å². The first-order valence-electron chi connectivity index (χ1n) is 11.8. The normalized spacial score (nSPS) is 18.4. The maximum absolute atomic E-state index is 14.7. The maximum Gasteiger partial charge on any atom is 0.324 e. The van der Waals surface area contributed by atoms with Gasteiger partial charge in [0, 0.05) is 43.7 Å². The summed E-state index contributed by atoms with van der Waals surface area (Å²) in [5.41, 5.74) is -1.25. The van der Waals surface area contributed by atoms with E-state index >= 15 is 0 Å². The van der Waals surface area contributed by atoms with Crippen LogP contribution in [-0.2, 0) is 26.0 Å². The molecule has 0 unspecified atom stereocenters. The zero-order chi connectivity index (χ0) is 27.7. The predicted octanol–water partition coefficient (Wildman–Crippen LogP) is 3.83. The zero-order valence-electron chi connectivity index (χ0n) is 21.4. The molecule has 0 radical (unpaired) electrons. The third-order valence-corrected chi connectivity index (χ3v) is 8.11. The molecule has 1 aliphatic rings. The second kappa shape index (κ2) is 10.8. The van der Waals surface area contributed by atoms with E-state index in [-0.39, 0.29) is 31.6 Å². The number of halogens is 2. The number of carbonyl (C=O) groups is 1. The van der Waals surface area contributed by atoms with Crippen LogP contribution in [0.15, 0.2) is 41.3 Å². The molecule has 202 valence electrons. The molecule has 0 N–H and O–H groups in total. The predicted molar refractivity (Wildman–Crippen MR) is 132 cm³/mol. The molecule has 0 aliphatic carbocycles. The highest BCUT2D eigenvalue weighted by Gasteiger charge is 2.41. The third kappa shape index (κ3) is 6.49. The number of hydrogen-bond acceptors (Lipinski definition) is 7. The molecule has 2 aromatic carbocycles. The molecule has 12 heteroatoms. The summed E-state index contributed by atoms with van der Waals surface area (Å²) in [6, 6.07) is 5.68. The summed E-state index contributed by atoms with van der Waals surface area (Å²) in [6.07, 6.45) is -0.309. The first kappa shape index (κ1) is 28.6. The summed E-state index contributed by atoms with van der Waals surface area (Å²) in [5.74, 6) is -2.25. The summed E-state index contributed by atoms with van der Waals surface area (Å²) in [6.45, 7) is 8.19. The Kier molecular flexibility index (Phi) is 8.35. The van der Waals surface area contributed by atoms with E-state index in [1.807, 2.05) is 0 Å². The van der Waals surface area contributed by atoms with Crippen LogP contribution >= 0.6 is 0 Å². The molecule has 0 spiro atoms. The Hall–Kier alpha value is -2.96. The van der Waals surface area contributed by atoms with Gasteiger partial charge >= 0.3 is 5.97 Å². The van der Waals surface area contributed by atoms with Crippen molar-refractivity contribution in [3.05, 3.63) is 69.3 Å². The van der Waals surface area contributed by atoms with E-state index in [0.29, 0.717) is 5.56 Å². The van der Waals surface area contributed by atoms with Gasteiger partial charge in [0.25, 0.3) is 5.69 Å². The topological polar surface area (TPSA) is 110 Å². The lowest BCUT2D eigenvalue weighted by Crippen LogP contribution is -2.59. The molecule has 37 heavy (non-hydrogen) atoms. The van der Waals surface area contributed by atoms with Crippen LogP contribution in [-0.4, -0.2) is 65.8 Å². The van der Waals surface area contributed by atoms with E-state index in [4.69, 9.17) is 4.74 Å². The summed E-state index contributed by atoms with van der Waals surface area (Å²) in [5, 5.41) is 11.4. The average Bonchev–Trinajstić information content (AvgIpc) is 2.77. The van der Waals surface area contributed by atoms with Gasteiger partial charge < -0.3 is 4.74 Å². The molecule has 1 aliphatic heterocycles. The minimum atomic E-state index is -4.23. The highest BCUT2D eigenvalue weighted by Crippen LogP contribution is 2.30. The molecule has 0 amide bonds. The molecule has 3 rings (SSSR count). The molecule has 9 nitrogen and oxygen atoms in total. The molecule has 1 fully saturated rings. The Morgan fingerprint density at radius 2 is 1.78 bits per heavy atom. The van der Waals surface area contributed by atoms with Crippen molar-refractivity contribution < 1.29 is 31.7 Å². The van der Waals surface area contributed by atoms with Gasteiger partial charge in [0.1, 0.15) is 23.3 Å². The number of aryl methyl sites for hydroxylation is 1. The number of para-hydroxylation sites is 1. The Balaban J connectivity index is 1.91. The van der Waals surface area contributed by atoms with E-state index in [1.54, 1.807) is 39.5 Å². The van der Waals surface area contributed by atoms with Crippen LogP contribution in [0.3, 0.4) is 0 Å². The number of sulfonamides is 1. The van der Waals surface area contributed by atoms with Gasteiger partial charge in [0.05, 0.1) is 4.92 Å². The molecule has 2 atom stereocenters. The number of nitrogens with zero attached hydrogens (tertiary/aromatic N) is 3. The molecule has 0 bridgehead atoms. The van der Waals surface area contributed by atoms with Gasteiger partial charge in [-0.3, -0.25) is 19.8 Å². The van der Waals surface area contributed by atoms with E-state index < -0.39 is 60.8 Å². The van der Waals surface area contributed by atoms with Gasteiger partial charge in [0.15, 0.2) is 4.90 Å². The standard InChI is InChI=1S/C25H31F2N3O6S/c1-16-12-19(26)18(20(27)13-16)14-22(24(31)36-25(3,4)5)28-10-11-29(17(2)15-28)37(34,35)23-9-7-6-8-21(23)30(32)33/h6-9,12-13,17,22H,10-11,14-15H2,1-5H3/t17-,22-/m0/s1. The van der Waals surface area contributed by atoms with Crippen molar-refractivity contribution in [2.45, 2.75) is 63.6 Å². The van der Waals surface area contributed by atoms with Crippen LogP contribution in [0, 0.1) is 28.7 Å². The number of nitro benzene ring substituents is 1. The van der Waals surface area contributed by atoms with Crippen LogP contribution in [0.25, 0.3) is 0 Å². The fourth-order valence-electron chi connectivity index (χ4n) is 4.41. The second-order valence-electron chi connectivity index (χ2n) is 10.1. The number of rotatable bonds is 7. The average molecular weight is 540 g/mol. The lowest BCUT2D eigenvalue weighted by Gasteiger charge is -2.42. The molecule has 0 aromatic heterocycles. The minimum absolute atomic E-state index is 0.0405. The number of nitro groups is 1. The number of piperazine rings is 1. The number of benzene rings is 2. The monoisotopic (exact) mass is 539 g/mol. The van der Waals surface area contributed by atoms with Gasteiger partial charge in [-0.25, -0.2) is 17.2 Å². The maximum atomic E-state index is 14.7. The van der Waals surface area contributed by atoms with Crippen LogP contribution < -0.4 is 0 Å². The second-order valence-corrected chi connectivity index (χ2v) is 12.0. The van der Waals surface area contributed by atoms with Crippen LogP contribution in [0.5, 0.6) is 0 Å². The molecule has 0 saturated carbocycles. The molecular formula is C25H31F2N3O6S. The third-order valence-electron chi connectivity index (χ3n) is 6.05. The minimum Gasteiger partial charge on any atom is -0.459 e. The molecule has 1 heterocycles. The van der Waals surface area contributed by atoms with Crippen molar-refractivity contribution >= 4 is 21.7 Å². The van der Waals surface area contributed by atoms with Crippen molar-refractivity contribution in [1.29, 1.82) is 0 Å². The SMILES string of the molecule is Cc1cc(F)c(C[C@@H](C(=O)OC(C)(C)C)N2CCN(S(=O)(=O)c3ccccc3[N+](=O)[O-])[C@@H](C)C2)c(F)c1. The number of hydrogen-bond donors (Lipinski definition) is 0. The Labute approximate surface area is 215 Å². The van der Waals surface area contributed by atoms with Crippen LogP contribution in [0.1, 0.15) is 38.8 Å². The lowest BCUT2D eigenvalue weighted by molar-refractivity contribution is -0.387. The summed E-state index contributed by atoms with van der Waals surface area (Å²) in [7, 11) is -4.23. The largest absolute Gasteiger partial charge is 0.459 e. The quantitative estimate of drug-likeness (QED) is 0.299. The van der Waals surface area contributed by atoms with Gasteiger partial charge in [0.2, 0.25) is 10.0 Å². The first-order chi connectivity index (χ1) is 17.1. The lowest BCUT2D eigenvalue weighted by atomic mass is 10.00. The highest BCUT2D eigenvalue weighted by atomic mass is 32.2. The van der Waals surface area contributed by atoms with Gasteiger partial charge in [-0.1, -0.05) is 12.1 Å². The Morgan fingerprint density at radius 1 is 1.19 bits per heavy atom. The van der Waals surface area contributed by atoms with E-state index in [1.165, 1.54) is 30.3 Å². The summed E-state index contributed by atoms with van der Waals surface area (Å²) < 4.78 is 62.7. The highest BCUT2D eigenvalue weighted by molar-refractivity contribution is 7.89. The summed E-state index contributed by atoms with van der Waals surface area (Å²) >= 11 is 0. The molecule has 2 aromatic rings. The van der Waals surface area contributed by atoms with E-state index in [9.17, 15) is 32.1 Å². The fourth-order valence-corrected chi connectivity index (χ4v) is 6.18. The Bertz CT molecular complexity index is 1270. The molecular weight excluding hydrogens is 508 g/mol. The number of ether oxygens (including phenoxy) is 1. The zero-order valence-corrected chi connectivity index (χ0v) is 22.2. The van der Waals surface area contributed by atoms with Gasteiger partial charge in [-0.05, 0) is 58.4 Å². The van der Waals surface area contributed by atoms with E-state index in [2.05, 4.69) is 0 Å². The van der Waals surface area contributed by atoms with Crippen molar-refractivity contribution in [2.75, 3.05) is 19.6 Å². The number of carbonyl (C=O) groups excluding carboxylic acids is 1. The van der Waals surface area contributed by atoms with Crippen LogP contribution in [0.4, 0.5) is 14.5 Å². The van der Waals surface area contributed by atoms with E-state index in [0.717, 1.165) is 10.4 Å². The van der Waals surface area contributed by atoms with Crippen molar-refractivity contribution in [2.24, 2.45) is 0 Å². The number of esters is 1. The summed E-state index contributed by atoms with van der Waals surface area (Å²) in [4.78, 5) is 25.0. The van der Waals surface area contributed by atoms with Gasteiger partial charge in [-0.2, -0.15) is 4.31 Å². The first-order valence-corrected chi connectivity index (χ1v) is 13.2. The molecule has 1 saturated heterocycles. The Morgan fingerprint density at radius 3 is 2.32 bits per heavy atom.